The molecule has 0 amide bonds. The van der Waals surface area contributed by atoms with Crippen LogP contribution in [0.25, 0.3) is 33.3 Å². The molecule has 0 spiro atoms. The summed E-state index contributed by atoms with van der Waals surface area (Å²) < 4.78 is 7.49. The van der Waals surface area contributed by atoms with E-state index in [9.17, 15) is 4.79 Å². The van der Waals surface area contributed by atoms with Crippen LogP contribution in [0.1, 0.15) is 38.5 Å². The molecule has 0 radical (unpaired) electrons. The first kappa shape index (κ1) is 19.8. The first-order valence-electron chi connectivity index (χ1n) is 11.2. The van der Waals surface area contributed by atoms with Crippen LogP contribution in [0.4, 0.5) is 5.95 Å². The predicted octanol–water partition coefficient (Wildman–Crippen LogP) is 3.74. The molecule has 32 heavy (non-hydrogen) atoms. The van der Waals surface area contributed by atoms with E-state index < -0.39 is 0 Å². The Morgan fingerprint density at radius 2 is 1.97 bits per heavy atom. The van der Waals surface area contributed by atoms with Crippen LogP contribution in [0.3, 0.4) is 0 Å². The number of halogens is 1. The molecule has 6 rings (SSSR count). The highest BCUT2D eigenvalue weighted by Gasteiger charge is 2.41. The maximum atomic E-state index is 13.5. The molecule has 2 aliphatic rings. The first-order chi connectivity index (χ1) is 15.5. The molecule has 1 aromatic carbocycles. The smallest absolute Gasteiger partial charge is 0.264 e. The van der Waals surface area contributed by atoms with Crippen LogP contribution >= 0.6 is 11.6 Å². The van der Waals surface area contributed by atoms with Crippen molar-refractivity contribution < 1.29 is 4.42 Å². The molecule has 2 saturated heterocycles. The largest absolute Gasteiger partial charge is 0.439 e. The number of anilines is 1. The molecule has 4 aromatic rings. The molecule has 1 unspecified atom stereocenters. The second-order valence-corrected chi connectivity index (χ2v) is 9.34. The molecule has 3 N–H and O–H groups in total. The van der Waals surface area contributed by atoms with E-state index in [0.29, 0.717) is 63.1 Å². The zero-order valence-corrected chi connectivity index (χ0v) is 18.8. The van der Waals surface area contributed by atoms with Crippen molar-refractivity contribution in [1.29, 1.82) is 0 Å². The maximum absolute atomic E-state index is 13.5. The predicted molar refractivity (Wildman–Crippen MR) is 125 cm³/mol. The highest BCUT2D eigenvalue weighted by Crippen LogP contribution is 2.40. The quantitative estimate of drug-likeness (QED) is 0.490. The molecule has 2 fully saturated rings. The molecule has 3 atom stereocenters. The van der Waals surface area contributed by atoms with Gasteiger partial charge in [-0.3, -0.25) is 9.36 Å². The van der Waals surface area contributed by atoms with Crippen molar-refractivity contribution in [1.82, 2.24) is 19.5 Å². The van der Waals surface area contributed by atoms with Crippen molar-refractivity contribution in [3.05, 3.63) is 39.6 Å². The number of fused-ring (bicyclic) bond motifs is 4. The Labute approximate surface area is 189 Å². The average Bonchev–Trinajstić information content (AvgIpc) is 3.46. The van der Waals surface area contributed by atoms with Gasteiger partial charge >= 0.3 is 0 Å². The maximum Gasteiger partial charge on any atom is 0.264 e. The fourth-order valence-electron chi connectivity index (χ4n) is 5.50. The zero-order valence-electron chi connectivity index (χ0n) is 18.1. The topological polar surface area (TPSA) is 106 Å². The highest BCUT2D eigenvalue weighted by molar-refractivity contribution is 6.37. The monoisotopic (exact) mass is 452 g/mol. The van der Waals surface area contributed by atoms with Gasteiger partial charge in [0.05, 0.1) is 10.4 Å². The minimum Gasteiger partial charge on any atom is -0.439 e. The number of oxazole rings is 1. The number of nitrogens with zero attached hydrogens (tertiary/aromatic N) is 4. The second-order valence-electron chi connectivity index (χ2n) is 8.96. The molecule has 0 saturated carbocycles. The third kappa shape index (κ3) is 2.75. The zero-order chi connectivity index (χ0) is 22.1. The fraction of sp³-hybridized carbons (Fsp3) is 0.435. The summed E-state index contributed by atoms with van der Waals surface area (Å²) in [6, 6.07) is 4.66. The van der Waals surface area contributed by atoms with E-state index in [1.807, 2.05) is 19.1 Å². The summed E-state index contributed by atoms with van der Waals surface area (Å²) in [6.45, 7) is 1.98. The van der Waals surface area contributed by atoms with Crippen LogP contribution < -0.4 is 16.2 Å². The average molecular weight is 453 g/mol. The van der Waals surface area contributed by atoms with E-state index >= 15 is 0 Å². The molecule has 0 aliphatic carbocycles. The van der Waals surface area contributed by atoms with E-state index in [0.717, 1.165) is 31.2 Å². The van der Waals surface area contributed by atoms with Crippen molar-refractivity contribution in [2.75, 3.05) is 4.90 Å². The number of hydrogen-bond donors (Lipinski definition) is 2. The summed E-state index contributed by atoms with van der Waals surface area (Å²) >= 11 is 6.71. The highest BCUT2D eigenvalue weighted by atomic mass is 35.5. The Balaban J connectivity index is 1.50. The number of rotatable bonds is 3. The number of aryl methyl sites for hydroxylation is 1. The third-order valence-electron chi connectivity index (χ3n) is 7.02. The van der Waals surface area contributed by atoms with Crippen LogP contribution in [-0.2, 0) is 13.5 Å². The van der Waals surface area contributed by atoms with Crippen LogP contribution in [-0.4, -0.2) is 37.6 Å². The number of benzene rings is 1. The molecule has 8 nitrogen and oxygen atoms in total. The molecule has 2 bridgehead atoms. The Morgan fingerprint density at radius 1 is 1.22 bits per heavy atom. The van der Waals surface area contributed by atoms with Gasteiger partial charge in [-0.1, -0.05) is 24.6 Å². The van der Waals surface area contributed by atoms with Crippen molar-refractivity contribution in [3.8, 4) is 11.1 Å². The van der Waals surface area contributed by atoms with Gasteiger partial charge in [-0.2, -0.15) is 4.98 Å². The van der Waals surface area contributed by atoms with E-state index in [1.165, 1.54) is 0 Å². The number of H-pyrrole nitrogens is 1. The number of hydrogen-bond acceptors (Lipinski definition) is 6. The molecule has 2 aliphatic heterocycles. The van der Waals surface area contributed by atoms with Gasteiger partial charge in [-0.25, -0.2) is 4.98 Å². The molecule has 3 aromatic heterocycles. The second kappa shape index (κ2) is 7.08. The molecular formula is C23H25ClN6O2. The van der Waals surface area contributed by atoms with Crippen LogP contribution in [0.2, 0.25) is 5.02 Å². The lowest BCUT2D eigenvalue weighted by Crippen LogP contribution is -2.49. The number of nitrogens with two attached hydrogens (primary N) is 1. The Morgan fingerprint density at radius 3 is 2.69 bits per heavy atom. The Hall–Kier alpha value is -2.84. The van der Waals surface area contributed by atoms with Crippen molar-refractivity contribution in [2.24, 2.45) is 12.8 Å². The fourth-order valence-corrected chi connectivity index (χ4v) is 5.81. The summed E-state index contributed by atoms with van der Waals surface area (Å²) in [6.07, 6.45) is 6.54. The lowest BCUT2D eigenvalue weighted by atomic mass is 9.98. The number of aromatic nitrogens is 4. The summed E-state index contributed by atoms with van der Waals surface area (Å²) in [7, 11) is 1.80. The number of aromatic amines is 1. The first-order valence-corrected chi connectivity index (χ1v) is 11.5. The summed E-state index contributed by atoms with van der Waals surface area (Å²) in [5, 5.41) is 0.971. The lowest BCUT2D eigenvalue weighted by Gasteiger charge is -2.38. The van der Waals surface area contributed by atoms with Gasteiger partial charge in [0.2, 0.25) is 5.95 Å². The van der Waals surface area contributed by atoms with Gasteiger partial charge in [-0.05, 0) is 31.7 Å². The van der Waals surface area contributed by atoms with E-state index in [4.69, 9.17) is 26.7 Å². The standard InChI is InChI=1S/C23H25ClN6O2/c1-3-17-27-16-7-6-14(19(24)20(16)32-17)15-10-26-21-18(15)22(31)29(2)23(28-21)30-12-4-5-13(30)9-11(25)8-12/h6-7,10-13,26H,3-5,8-9,25H2,1-2H3/t11?,12-,13+. The van der Waals surface area contributed by atoms with Crippen molar-refractivity contribution >= 4 is 39.7 Å². The van der Waals surface area contributed by atoms with Gasteiger partial charge in [0.1, 0.15) is 11.2 Å². The molecular weight excluding hydrogens is 428 g/mol. The van der Waals surface area contributed by atoms with Crippen LogP contribution in [0.15, 0.2) is 27.5 Å². The van der Waals surface area contributed by atoms with Gasteiger partial charge < -0.3 is 20.0 Å². The Kier molecular flexibility index (Phi) is 4.39. The van der Waals surface area contributed by atoms with Crippen molar-refractivity contribution in [3.63, 3.8) is 0 Å². The van der Waals surface area contributed by atoms with Gasteiger partial charge in [0, 0.05) is 48.9 Å². The number of piperidine rings is 1. The van der Waals surface area contributed by atoms with Gasteiger partial charge in [-0.15, -0.1) is 0 Å². The van der Waals surface area contributed by atoms with Gasteiger partial charge in [0.25, 0.3) is 5.56 Å². The van der Waals surface area contributed by atoms with Crippen LogP contribution in [0.5, 0.6) is 0 Å². The van der Waals surface area contributed by atoms with E-state index in [2.05, 4.69) is 14.9 Å². The summed E-state index contributed by atoms with van der Waals surface area (Å²) in [4.78, 5) is 28.4. The van der Waals surface area contributed by atoms with Crippen LogP contribution in [0, 0.1) is 0 Å². The molecule has 166 valence electrons. The minimum atomic E-state index is -0.0986. The van der Waals surface area contributed by atoms with Gasteiger partial charge in [0.15, 0.2) is 11.5 Å². The third-order valence-corrected chi connectivity index (χ3v) is 7.40. The SMILES string of the molecule is CCc1nc2ccc(-c3c[nH]c4nc(N5[C@@H]6CC[C@H]5CC(N)C6)n(C)c(=O)c34)c(Cl)c2o1. The summed E-state index contributed by atoms with van der Waals surface area (Å²) in [5.74, 6) is 1.34. The minimum absolute atomic E-state index is 0.0986. The summed E-state index contributed by atoms with van der Waals surface area (Å²) in [5.41, 5.74) is 9.39. The molecule has 9 heteroatoms. The van der Waals surface area contributed by atoms with Crippen molar-refractivity contribution in [2.45, 2.75) is 57.2 Å². The lowest BCUT2D eigenvalue weighted by molar-refractivity contribution is 0.405. The normalized spacial score (nSPS) is 23.0. The Bertz CT molecular complexity index is 1410. The molecule has 5 heterocycles. The number of nitrogens with one attached hydrogen (secondary N) is 1. The van der Waals surface area contributed by atoms with E-state index in [1.54, 1.807) is 17.8 Å². The van der Waals surface area contributed by atoms with E-state index in [-0.39, 0.29) is 11.6 Å².